The fourth-order valence-corrected chi connectivity index (χ4v) is 4.22. The molecule has 0 aromatic heterocycles. The molecule has 1 aliphatic carbocycles. The number of amides is 1. The number of hydrogen-bond acceptors (Lipinski definition) is 2. The van der Waals surface area contributed by atoms with Gasteiger partial charge in [0.05, 0.1) is 5.56 Å². The molecule has 3 N–H and O–H groups in total. The fourth-order valence-electron chi connectivity index (χ4n) is 3.43. The summed E-state index contributed by atoms with van der Waals surface area (Å²) in [4.78, 5) is 12.5. The SMILES string of the molecule is CC1(C)C(N)C(C)(C)C1NC(=O)c1cc(Br)ccc1Br. The lowest BCUT2D eigenvalue weighted by Crippen LogP contribution is -2.76. The van der Waals surface area contributed by atoms with E-state index >= 15 is 0 Å². The average molecular weight is 404 g/mol. The minimum absolute atomic E-state index is 0.0587. The van der Waals surface area contributed by atoms with E-state index in [0.717, 1.165) is 8.95 Å². The molecule has 0 atom stereocenters. The Hall–Kier alpha value is -0.390. The van der Waals surface area contributed by atoms with Crippen molar-refractivity contribution in [1.82, 2.24) is 5.32 Å². The summed E-state index contributed by atoms with van der Waals surface area (Å²) < 4.78 is 1.67. The first-order chi connectivity index (χ1) is 9.08. The first kappa shape index (κ1) is 16.0. The van der Waals surface area contributed by atoms with Crippen molar-refractivity contribution in [1.29, 1.82) is 0 Å². The topological polar surface area (TPSA) is 55.1 Å². The highest BCUT2D eigenvalue weighted by atomic mass is 79.9. The number of halogens is 2. The van der Waals surface area contributed by atoms with Crippen LogP contribution in [0, 0.1) is 10.8 Å². The van der Waals surface area contributed by atoms with Gasteiger partial charge in [-0.2, -0.15) is 0 Å². The van der Waals surface area contributed by atoms with Gasteiger partial charge in [-0.1, -0.05) is 43.6 Å². The van der Waals surface area contributed by atoms with E-state index in [0.29, 0.717) is 5.56 Å². The van der Waals surface area contributed by atoms with E-state index in [1.807, 2.05) is 18.2 Å². The highest BCUT2D eigenvalue weighted by molar-refractivity contribution is 9.11. The van der Waals surface area contributed by atoms with Gasteiger partial charge >= 0.3 is 0 Å². The van der Waals surface area contributed by atoms with E-state index in [1.54, 1.807) is 0 Å². The smallest absolute Gasteiger partial charge is 0.252 e. The highest BCUT2D eigenvalue weighted by Crippen LogP contribution is 2.52. The van der Waals surface area contributed by atoms with Crippen molar-refractivity contribution < 1.29 is 4.79 Å². The predicted octanol–water partition coefficient (Wildman–Crippen LogP) is 3.70. The van der Waals surface area contributed by atoms with E-state index in [2.05, 4.69) is 64.9 Å². The number of hydrogen-bond donors (Lipinski definition) is 2. The Labute approximate surface area is 136 Å². The zero-order valence-corrected chi connectivity index (χ0v) is 15.3. The van der Waals surface area contributed by atoms with Crippen LogP contribution in [0.2, 0.25) is 0 Å². The van der Waals surface area contributed by atoms with Crippen LogP contribution in [0.25, 0.3) is 0 Å². The molecule has 0 saturated heterocycles. The first-order valence-corrected chi connectivity index (χ1v) is 8.18. The maximum atomic E-state index is 12.5. The van der Waals surface area contributed by atoms with E-state index in [1.165, 1.54) is 0 Å². The number of carbonyl (C=O) groups excluding carboxylic acids is 1. The van der Waals surface area contributed by atoms with Crippen LogP contribution < -0.4 is 11.1 Å². The number of rotatable bonds is 2. The van der Waals surface area contributed by atoms with Crippen LogP contribution in [0.1, 0.15) is 38.1 Å². The largest absolute Gasteiger partial charge is 0.348 e. The number of carbonyl (C=O) groups is 1. The van der Waals surface area contributed by atoms with Gasteiger partial charge in [-0.3, -0.25) is 4.79 Å². The summed E-state index contributed by atoms with van der Waals surface area (Å²) in [5, 5.41) is 3.14. The minimum atomic E-state index is -0.0996. The molecule has 0 bridgehead atoms. The lowest BCUT2D eigenvalue weighted by atomic mass is 9.48. The van der Waals surface area contributed by atoms with Crippen LogP contribution in [0.4, 0.5) is 0 Å². The van der Waals surface area contributed by atoms with Crippen LogP contribution in [0.3, 0.4) is 0 Å². The van der Waals surface area contributed by atoms with E-state index in [4.69, 9.17) is 5.73 Å². The third-order valence-corrected chi connectivity index (χ3v) is 5.72. The summed E-state index contributed by atoms with van der Waals surface area (Å²) in [6.07, 6.45) is 0. The van der Waals surface area contributed by atoms with Gasteiger partial charge in [0.25, 0.3) is 5.91 Å². The Balaban J connectivity index is 2.22. The minimum Gasteiger partial charge on any atom is -0.348 e. The second-order valence-corrected chi connectivity index (χ2v) is 8.42. The fraction of sp³-hybridized carbons (Fsp3) is 0.533. The molecule has 5 heteroatoms. The van der Waals surface area contributed by atoms with E-state index in [9.17, 15) is 4.79 Å². The molecule has 0 spiro atoms. The first-order valence-electron chi connectivity index (χ1n) is 6.60. The molecule has 0 heterocycles. The van der Waals surface area contributed by atoms with Crippen molar-refractivity contribution in [2.75, 3.05) is 0 Å². The van der Waals surface area contributed by atoms with Crippen molar-refractivity contribution in [3.63, 3.8) is 0 Å². The van der Waals surface area contributed by atoms with Gasteiger partial charge in [0.15, 0.2) is 0 Å². The molecule has 1 fully saturated rings. The Bertz CT molecular complexity index is 539. The number of nitrogens with one attached hydrogen (secondary N) is 1. The molecular formula is C15H20Br2N2O. The third kappa shape index (κ3) is 2.44. The zero-order chi connectivity index (χ0) is 15.3. The van der Waals surface area contributed by atoms with Gasteiger partial charge in [-0.25, -0.2) is 0 Å². The maximum absolute atomic E-state index is 12.5. The van der Waals surface area contributed by atoms with Crippen molar-refractivity contribution in [3.8, 4) is 0 Å². The molecule has 110 valence electrons. The van der Waals surface area contributed by atoms with Crippen LogP contribution >= 0.6 is 31.9 Å². The molecule has 1 amide bonds. The molecule has 1 aromatic rings. The predicted molar refractivity (Wildman–Crippen MR) is 88.6 cm³/mol. The zero-order valence-electron chi connectivity index (χ0n) is 12.1. The lowest BCUT2D eigenvalue weighted by molar-refractivity contribution is -0.0663. The Morgan fingerprint density at radius 2 is 1.75 bits per heavy atom. The molecular weight excluding hydrogens is 384 g/mol. The van der Waals surface area contributed by atoms with Crippen molar-refractivity contribution in [2.24, 2.45) is 16.6 Å². The second-order valence-electron chi connectivity index (χ2n) is 6.65. The molecule has 1 aliphatic rings. The van der Waals surface area contributed by atoms with Crippen LogP contribution in [-0.2, 0) is 0 Å². The van der Waals surface area contributed by atoms with Gasteiger partial charge in [0, 0.05) is 31.9 Å². The molecule has 3 nitrogen and oxygen atoms in total. The van der Waals surface area contributed by atoms with Gasteiger partial charge < -0.3 is 11.1 Å². The molecule has 20 heavy (non-hydrogen) atoms. The normalized spacial score (nSPS) is 26.8. The van der Waals surface area contributed by atoms with Gasteiger partial charge in [-0.05, 0) is 34.1 Å². The molecule has 2 rings (SSSR count). The van der Waals surface area contributed by atoms with Gasteiger partial charge in [0.2, 0.25) is 0 Å². The highest BCUT2D eigenvalue weighted by Gasteiger charge is 2.60. The van der Waals surface area contributed by atoms with Crippen molar-refractivity contribution in [3.05, 3.63) is 32.7 Å². The summed E-state index contributed by atoms with van der Waals surface area (Å²) in [5.74, 6) is -0.0729. The Morgan fingerprint density at radius 1 is 1.20 bits per heavy atom. The van der Waals surface area contributed by atoms with Crippen LogP contribution in [0.15, 0.2) is 27.1 Å². The summed E-state index contributed by atoms with van der Waals surface area (Å²) in [6.45, 7) is 8.40. The number of nitrogens with two attached hydrogens (primary N) is 1. The molecule has 1 aromatic carbocycles. The second kappa shape index (κ2) is 5.11. The Morgan fingerprint density at radius 3 is 2.30 bits per heavy atom. The number of benzene rings is 1. The summed E-state index contributed by atoms with van der Waals surface area (Å²) in [5.41, 5.74) is 6.66. The van der Waals surface area contributed by atoms with E-state index < -0.39 is 0 Å². The third-order valence-electron chi connectivity index (χ3n) is 4.54. The molecule has 0 unspecified atom stereocenters. The summed E-state index contributed by atoms with van der Waals surface area (Å²) in [6, 6.07) is 5.71. The van der Waals surface area contributed by atoms with E-state index in [-0.39, 0.29) is 28.8 Å². The standard InChI is InChI=1S/C15H20Br2N2O/c1-14(2)12(18)15(3,4)13(14)19-11(20)9-7-8(16)5-6-10(9)17/h5-7,12-13H,18H2,1-4H3,(H,19,20). The molecule has 0 radical (unpaired) electrons. The van der Waals surface area contributed by atoms with Crippen molar-refractivity contribution >= 4 is 37.8 Å². The molecule has 0 aliphatic heterocycles. The average Bonchev–Trinajstić information content (AvgIpc) is 2.37. The monoisotopic (exact) mass is 402 g/mol. The quantitative estimate of drug-likeness (QED) is 0.790. The Kier molecular flexibility index (Phi) is 4.08. The summed E-state index contributed by atoms with van der Waals surface area (Å²) in [7, 11) is 0. The maximum Gasteiger partial charge on any atom is 0.252 e. The van der Waals surface area contributed by atoms with Gasteiger partial charge in [0.1, 0.15) is 0 Å². The summed E-state index contributed by atoms with van der Waals surface area (Å²) >= 11 is 6.82. The van der Waals surface area contributed by atoms with Crippen LogP contribution in [0.5, 0.6) is 0 Å². The van der Waals surface area contributed by atoms with Gasteiger partial charge in [-0.15, -0.1) is 0 Å². The van der Waals surface area contributed by atoms with Crippen molar-refractivity contribution in [2.45, 2.75) is 39.8 Å². The lowest BCUT2D eigenvalue weighted by Gasteiger charge is -2.62. The van der Waals surface area contributed by atoms with Crippen LogP contribution in [-0.4, -0.2) is 18.0 Å². The molecule has 1 saturated carbocycles.